The summed E-state index contributed by atoms with van der Waals surface area (Å²) in [5.41, 5.74) is 0. The third kappa shape index (κ3) is 30.2. The molecular formula is C40H78O6. The fraction of sp³-hybridized carbons (Fsp3) is 0.950. The number of hydrogen-bond acceptors (Lipinski definition) is 4. The number of unbranched alkanes of at least 4 members (excludes halogenated alkanes) is 19. The van der Waals surface area contributed by atoms with Gasteiger partial charge in [0.15, 0.2) is 0 Å². The summed E-state index contributed by atoms with van der Waals surface area (Å²) in [7, 11) is 0. The van der Waals surface area contributed by atoms with E-state index in [1.54, 1.807) is 0 Å². The van der Waals surface area contributed by atoms with E-state index in [0.29, 0.717) is 12.8 Å². The summed E-state index contributed by atoms with van der Waals surface area (Å²) in [6, 6.07) is 0. The zero-order chi connectivity index (χ0) is 34.1. The summed E-state index contributed by atoms with van der Waals surface area (Å²) >= 11 is 0. The molecule has 0 heterocycles. The molecule has 4 N–H and O–H groups in total. The molecule has 0 fully saturated rings. The molecule has 274 valence electrons. The van der Waals surface area contributed by atoms with E-state index in [9.17, 15) is 30.0 Å². The van der Waals surface area contributed by atoms with Gasteiger partial charge in [-0.2, -0.15) is 0 Å². The highest BCUT2D eigenvalue weighted by Gasteiger charge is 2.19. The Morgan fingerprint density at radius 3 is 0.783 bits per heavy atom. The summed E-state index contributed by atoms with van der Waals surface area (Å²) < 4.78 is 0. The Kier molecular flexibility index (Phi) is 32.9. The molecule has 0 aliphatic heterocycles. The van der Waals surface area contributed by atoms with E-state index >= 15 is 0 Å². The minimum absolute atomic E-state index is 0.132. The van der Waals surface area contributed by atoms with Gasteiger partial charge in [0.2, 0.25) is 0 Å². The summed E-state index contributed by atoms with van der Waals surface area (Å²) in [5.74, 6) is -2.03. The second-order valence-electron chi connectivity index (χ2n) is 14.5. The van der Waals surface area contributed by atoms with Crippen LogP contribution in [-0.4, -0.2) is 44.6 Å². The fourth-order valence-electron chi connectivity index (χ4n) is 6.78. The predicted molar refractivity (Wildman–Crippen MR) is 193 cm³/mol. The van der Waals surface area contributed by atoms with Crippen LogP contribution in [0.3, 0.4) is 0 Å². The Hall–Kier alpha value is -1.14. The third-order valence-electron chi connectivity index (χ3n) is 10.0. The Labute approximate surface area is 284 Å². The van der Waals surface area contributed by atoms with Gasteiger partial charge >= 0.3 is 11.9 Å². The highest BCUT2D eigenvalue weighted by Crippen LogP contribution is 2.23. The van der Waals surface area contributed by atoms with Crippen molar-refractivity contribution in [3.05, 3.63) is 0 Å². The lowest BCUT2D eigenvalue weighted by atomic mass is 9.91. The van der Waals surface area contributed by atoms with Crippen LogP contribution in [0.5, 0.6) is 0 Å². The molecule has 0 aromatic heterocycles. The van der Waals surface area contributed by atoms with Gasteiger partial charge in [0.25, 0.3) is 0 Å². The zero-order valence-corrected chi connectivity index (χ0v) is 30.5. The third-order valence-corrected chi connectivity index (χ3v) is 10.0. The number of carboxylic acid groups (broad SMARTS) is 2. The molecule has 0 saturated carbocycles. The summed E-state index contributed by atoms with van der Waals surface area (Å²) in [4.78, 5) is 23.6. The maximum absolute atomic E-state index is 11.8. The fourth-order valence-corrected chi connectivity index (χ4v) is 6.78. The van der Waals surface area contributed by atoms with Gasteiger partial charge in [0.05, 0.1) is 24.0 Å². The molecule has 0 amide bonds. The molecular weight excluding hydrogens is 576 g/mol. The zero-order valence-electron chi connectivity index (χ0n) is 30.5. The molecule has 6 heteroatoms. The summed E-state index contributed by atoms with van der Waals surface area (Å²) in [6.07, 6.45) is 33.2. The van der Waals surface area contributed by atoms with Gasteiger partial charge in [-0.15, -0.1) is 0 Å². The van der Waals surface area contributed by atoms with Gasteiger partial charge in [0, 0.05) is 0 Å². The minimum Gasteiger partial charge on any atom is -0.481 e. The van der Waals surface area contributed by atoms with Gasteiger partial charge in [-0.3, -0.25) is 9.59 Å². The van der Waals surface area contributed by atoms with Crippen molar-refractivity contribution in [1.29, 1.82) is 0 Å². The van der Waals surface area contributed by atoms with Crippen LogP contribution < -0.4 is 0 Å². The smallest absolute Gasteiger partial charge is 0.306 e. The lowest BCUT2D eigenvalue weighted by Gasteiger charge is -2.14. The number of aliphatic hydroxyl groups excluding tert-OH is 2. The average Bonchev–Trinajstić information content (AvgIpc) is 3.03. The maximum Gasteiger partial charge on any atom is 0.306 e. The van der Waals surface area contributed by atoms with Crippen molar-refractivity contribution >= 4 is 11.9 Å². The maximum atomic E-state index is 11.8. The molecule has 0 aromatic carbocycles. The summed E-state index contributed by atoms with van der Waals surface area (Å²) in [5, 5.41) is 39.5. The lowest BCUT2D eigenvalue weighted by Crippen LogP contribution is -2.15. The summed E-state index contributed by atoms with van der Waals surface area (Å²) in [6.45, 7) is 4.42. The van der Waals surface area contributed by atoms with E-state index in [-0.39, 0.29) is 24.0 Å². The normalized spacial score (nSPS) is 14.3. The van der Waals surface area contributed by atoms with Crippen molar-refractivity contribution in [3.63, 3.8) is 0 Å². The van der Waals surface area contributed by atoms with Gasteiger partial charge in [0.1, 0.15) is 0 Å². The monoisotopic (exact) mass is 655 g/mol. The Balaban J connectivity index is 3.81. The SMILES string of the molecule is CCCCCCC(O)CCCCCCCCCC(CCCCC(CCCCCCCCCC(O)CCCCCC)C(=O)O)C(=O)O. The molecule has 0 spiro atoms. The van der Waals surface area contributed by atoms with Gasteiger partial charge < -0.3 is 20.4 Å². The number of aliphatic carboxylic acids is 2. The van der Waals surface area contributed by atoms with Crippen molar-refractivity contribution in [2.24, 2.45) is 11.8 Å². The molecule has 0 aliphatic carbocycles. The molecule has 0 bridgehead atoms. The predicted octanol–water partition coefficient (Wildman–Crippen LogP) is 11.6. The van der Waals surface area contributed by atoms with Crippen LogP contribution >= 0.6 is 0 Å². The van der Waals surface area contributed by atoms with Crippen LogP contribution in [0.2, 0.25) is 0 Å². The first kappa shape index (κ1) is 44.9. The van der Waals surface area contributed by atoms with Gasteiger partial charge in [-0.05, 0) is 51.4 Å². The van der Waals surface area contributed by atoms with E-state index in [4.69, 9.17) is 0 Å². The van der Waals surface area contributed by atoms with Crippen LogP contribution in [0.1, 0.15) is 219 Å². The van der Waals surface area contributed by atoms with E-state index in [0.717, 1.165) is 116 Å². The van der Waals surface area contributed by atoms with E-state index in [2.05, 4.69) is 13.8 Å². The van der Waals surface area contributed by atoms with Gasteiger partial charge in [-0.25, -0.2) is 0 Å². The number of aliphatic hydroxyl groups is 2. The molecule has 0 aromatic rings. The van der Waals surface area contributed by atoms with Crippen LogP contribution in [0.15, 0.2) is 0 Å². The first-order valence-corrected chi connectivity index (χ1v) is 20.1. The average molecular weight is 655 g/mol. The van der Waals surface area contributed by atoms with E-state index < -0.39 is 11.9 Å². The van der Waals surface area contributed by atoms with E-state index in [1.165, 1.54) is 77.0 Å². The van der Waals surface area contributed by atoms with Crippen LogP contribution in [0.4, 0.5) is 0 Å². The Bertz CT molecular complexity index is 612. The van der Waals surface area contributed by atoms with Crippen molar-refractivity contribution < 1.29 is 30.0 Å². The quantitative estimate of drug-likeness (QED) is 0.0495. The Morgan fingerprint density at radius 2 is 0.543 bits per heavy atom. The molecule has 0 saturated heterocycles. The second kappa shape index (κ2) is 33.7. The largest absolute Gasteiger partial charge is 0.481 e. The second-order valence-corrected chi connectivity index (χ2v) is 14.5. The molecule has 46 heavy (non-hydrogen) atoms. The lowest BCUT2D eigenvalue weighted by molar-refractivity contribution is -0.143. The Morgan fingerprint density at radius 1 is 0.348 bits per heavy atom. The molecule has 6 nitrogen and oxygen atoms in total. The molecule has 0 radical (unpaired) electrons. The number of carboxylic acids is 2. The molecule has 0 aliphatic rings. The molecule has 0 rings (SSSR count). The number of rotatable bonds is 37. The van der Waals surface area contributed by atoms with Crippen LogP contribution in [-0.2, 0) is 9.59 Å². The molecule has 4 atom stereocenters. The first-order chi connectivity index (χ1) is 22.3. The number of hydrogen-bond donors (Lipinski definition) is 4. The molecule has 4 unspecified atom stereocenters. The van der Waals surface area contributed by atoms with Crippen LogP contribution in [0.25, 0.3) is 0 Å². The first-order valence-electron chi connectivity index (χ1n) is 20.1. The van der Waals surface area contributed by atoms with Crippen molar-refractivity contribution in [2.75, 3.05) is 0 Å². The van der Waals surface area contributed by atoms with Crippen molar-refractivity contribution in [2.45, 2.75) is 232 Å². The topological polar surface area (TPSA) is 115 Å². The minimum atomic E-state index is -0.707. The van der Waals surface area contributed by atoms with Crippen molar-refractivity contribution in [3.8, 4) is 0 Å². The highest BCUT2D eigenvalue weighted by atomic mass is 16.4. The van der Waals surface area contributed by atoms with Gasteiger partial charge in [-0.1, -0.05) is 168 Å². The van der Waals surface area contributed by atoms with Crippen LogP contribution in [0, 0.1) is 11.8 Å². The van der Waals surface area contributed by atoms with E-state index in [1.807, 2.05) is 0 Å². The van der Waals surface area contributed by atoms with Crippen molar-refractivity contribution in [1.82, 2.24) is 0 Å². The standard InChI is InChI=1S/C40H78O6/c1-3-5-7-21-31-37(41)33-23-17-13-9-11-15-19-27-35(39(43)44)29-25-26-30-36(40(45)46)28-20-16-12-10-14-18-24-34-38(42)32-22-8-6-4-2/h35-38,41-42H,3-34H2,1-2H3,(H,43,44)(H,45,46). The highest BCUT2D eigenvalue weighted by molar-refractivity contribution is 5.70. The number of carbonyl (C=O) groups is 2.